The molecule has 0 atom stereocenters. The van der Waals surface area contributed by atoms with E-state index in [9.17, 15) is 18.0 Å². The van der Waals surface area contributed by atoms with E-state index in [0.29, 0.717) is 11.8 Å². The number of carbonyl (C=O) groups excluding carboxylic acids is 1. The van der Waals surface area contributed by atoms with Crippen LogP contribution >= 0.6 is 0 Å². The Morgan fingerprint density at radius 3 is 2.36 bits per heavy atom. The van der Waals surface area contributed by atoms with Crippen molar-refractivity contribution in [2.75, 3.05) is 13.1 Å². The largest absolute Gasteiger partial charge is 0.393 e. The van der Waals surface area contributed by atoms with Gasteiger partial charge < -0.3 is 9.47 Å². The first kappa shape index (κ1) is 19.0. The molecule has 0 radical (unpaired) electrons. The molecule has 1 saturated heterocycles. The van der Waals surface area contributed by atoms with Gasteiger partial charge in [-0.2, -0.15) is 13.2 Å². The van der Waals surface area contributed by atoms with Gasteiger partial charge in [-0.1, -0.05) is 24.3 Å². The molecule has 1 aromatic carbocycles. The summed E-state index contributed by atoms with van der Waals surface area (Å²) in [6.07, 6.45) is 2.56. The molecule has 2 fully saturated rings. The van der Waals surface area contributed by atoms with Gasteiger partial charge in [0.2, 0.25) is 5.91 Å². The average molecular weight is 391 g/mol. The third-order valence-electron chi connectivity index (χ3n) is 5.64. The summed E-state index contributed by atoms with van der Waals surface area (Å²) in [5.41, 5.74) is 1.07. The van der Waals surface area contributed by atoms with Crippen LogP contribution in [0, 0.1) is 11.8 Å². The lowest BCUT2D eigenvalue weighted by molar-refractivity contribution is -0.134. The lowest BCUT2D eigenvalue weighted by Crippen LogP contribution is -2.40. The van der Waals surface area contributed by atoms with Crippen molar-refractivity contribution in [2.24, 2.45) is 11.8 Å². The summed E-state index contributed by atoms with van der Waals surface area (Å²) in [6.45, 7) is 2.44. The lowest BCUT2D eigenvalue weighted by Gasteiger charge is -2.32. The number of imidazole rings is 1. The summed E-state index contributed by atoms with van der Waals surface area (Å²) in [5, 5.41) is 0. The van der Waals surface area contributed by atoms with Gasteiger partial charge in [0.15, 0.2) is 0 Å². The molecule has 1 aromatic heterocycles. The highest BCUT2D eigenvalue weighted by atomic mass is 19.4. The highest BCUT2D eigenvalue weighted by molar-refractivity contribution is 5.81. The van der Waals surface area contributed by atoms with Crippen molar-refractivity contribution in [3.05, 3.63) is 42.2 Å². The molecule has 1 saturated carbocycles. The van der Waals surface area contributed by atoms with Crippen LogP contribution in [-0.4, -0.2) is 39.6 Å². The molecule has 2 aliphatic rings. The summed E-state index contributed by atoms with van der Waals surface area (Å²) in [4.78, 5) is 18.6. The molecule has 4 rings (SSSR count). The zero-order valence-electron chi connectivity index (χ0n) is 15.7. The topological polar surface area (TPSA) is 38.1 Å². The van der Waals surface area contributed by atoms with Gasteiger partial charge in [0, 0.05) is 43.5 Å². The molecule has 0 bridgehead atoms. The molecule has 0 N–H and O–H groups in total. The van der Waals surface area contributed by atoms with Gasteiger partial charge in [-0.3, -0.25) is 4.79 Å². The van der Waals surface area contributed by atoms with E-state index in [1.54, 1.807) is 18.3 Å². The van der Waals surface area contributed by atoms with E-state index in [-0.39, 0.29) is 11.5 Å². The molecule has 150 valence electrons. The monoisotopic (exact) mass is 391 g/mol. The number of hydrogen-bond donors (Lipinski definition) is 0. The first-order valence-corrected chi connectivity index (χ1v) is 9.85. The smallest absolute Gasteiger partial charge is 0.342 e. The van der Waals surface area contributed by atoms with Gasteiger partial charge in [0.25, 0.3) is 0 Å². The summed E-state index contributed by atoms with van der Waals surface area (Å²) in [7, 11) is 0. The van der Waals surface area contributed by atoms with Gasteiger partial charge in [-0.15, -0.1) is 0 Å². The maximum absolute atomic E-state index is 12.5. The summed E-state index contributed by atoms with van der Waals surface area (Å²) in [5.74, 6) is 1.84. The number of halogens is 3. The highest BCUT2D eigenvalue weighted by Crippen LogP contribution is 2.33. The van der Waals surface area contributed by atoms with Crippen molar-refractivity contribution in [1.82, 2.24) is 14.5 Å². The zero-order valence-corrected chi connectivity index (χ0v) is 15.7. The van der Waals surface area contributed by atoms with Gasteiger partial charge in [0.1, 0.15) is 5.82 Å². The minimum Gasteiger partial charge on any atom is -0.342 e. The van der Waals surface area contributed by atoms with E-state index in [2.05, 4.69) is 9.55 Å². The molecule has 2 aromatic rings. The van der Waals surface area contributed by atoms with Crippen molar-refractivity contribution >= 4 is 5.91 Å². The number of nitrogens with zero attached hydrogens (tertiary/aromatic N) is 3. The number of likely N-dealkylation sites (tertiary alicyclic amines) is 1. The lowest BCUT2D eigenvalue weighted by atomic mass is 9.96. The number of carbonyl (C=O) groups is 1. The molecule has 2 heterocycles. The first-order chi connectivity index (χ1) is 13.4. The van der Waals surface area contributed by atoms with Crippen LogP contribution in [0.2, 0.25) is 0 Å². The van der Waals surface area contributed by atoms with E-state index in [1.807, 2.05) is 11.1 Å². The minimum absolute atomic E-state index is 0.252. The summed E-state index contributed by atoms with van der Waals surface area (Å²) >= 11 is 0. The fourth-order valence-electron chi connectivity index (χ4n) is 3.92. The predicted molar refractivity (Wildman–Crippen MR) is 99.5 cm³/mol. The summed E-state index contributed by atoms with van der Waals surface area (Å²) < 4.78 is 39.6. The minimum atomic E-state index is -4.20. The van der Waals surface area contributed by atoms with Gasteiger partial charge in [-0.25, -0.2) is 4.98 Å². The molecule has 7 heteroatoms. The Labute approximate surface area is 162 Å². The second-order valence-electron chi connectivity index (χ2n) is 7.94. The molecule has 4 nitrogen and oxygen atoms in total. The van der Waals surface area contributed by atoms with E-state index < -0.39 is 12.6 Å². The van der Waals surface area contributed by atoms with Gasteiger partial charge in [0.05, 0.1) is 6.42 Å². The standard InChI is InChI=1S/C21H24F3N3O/c22-21(23,24)13-15-1-3-17(4-2-15)19-25-9-12-27(19)14-16-7-10-26(11-8-16)20(28)18-5-6-18/h1-4,9,12,16,18H,5-8,10-11,13-14H2. The molecular formula is C21H24F3N3O. The van der Waals surface area contributed by atoms with Crippen LogP contribution in [0.4, 0.5) is 13.2 Å². The predicted octanol–water partition coefficient (Wildman–Crippen LogP) is 4.30. The van der Waals surface area contributed by atoms with Crippen LogP contribution in [0.1, 0.15) is 31.2 Å². The van der Waals surface area contributed by atoms with Crippen LogP contribution in [-0.2, 0) is 17.8 Å². The van der Waals surface area contributed by atoms with E-state index in [1.165, 1.54) is 12.1 Å². The fourth-order valence-corrected chi connectivity index (χ4v) is 3.92. The maximum Gasteiger partial charge on any atom is 0.393 e. The van der Waals surface area contributed by atoms with Crippen molar-refractivity contribution in [2.45, 2.75) is 44.8 Å². The third kappa shape index (κ3) is 4.56. The van der Waals surface area contributed by atoms with Crippen molar-refractivity contribution in [1.29, 1.82) is 0 Å². The van der Waals surface area contributed by atoms with E-state index in [0.717, 1.165) is 56.7 Å². The average Bonchev–Trinajstić information content (AvgIpc) is 3.41. The van der Waals surface area contributed by atoms with E-state index >= 15 is 0 Å². The Morgan fingerprint density at radius 2 is 1.75 bits per heavy atom. The molecule has 28 heavy (non-hydrogen) atoms. The van der Waals surface area contributed by atoms with Crippen LogP contribution in [0.3, 0.4) is 0 Å². The third-order valence-corrected chi connectivity index (χ3v) is 5.64. The quantitative estimate of drug-likeness (QED) is 0.762. The van der Waals surface area contributed by atoms with Gasteiger partial charge in [-0.05, 0) is 37.2 Å². The number of rotatable bonds is 5. The number of piperidine rings is 1. The van der Waals surface area contributed by atoms with Crippen molar-refractivity contribution in [3.8, 4) is 11.4 Å². The second-order valence-corrected chi connectivity index (χ2v) is 7.94. The number of hydrogen-bond acceptors (Lipinski definition) is 2. The molecular weight excluding hydrogens is 367 g/mol. The molecule has 1 amide bonds. The maximum atomic E-state index is 12.5. The van der Waals surface area contributed by atoms with Crippen molar-refractivity contribution < 1.29 is 18.0 Å². The van der Waals surface area contributed by atoms with Crippen LogP contribution in [0.5, 0.6) is 0 Å². The number of alkyl halides is 3. The van der Waals surface area contributed by atoms with Crippen molar-refractivity contribution in [3.63, 3.8) is 0 Å². The second kappa shape index (κ2) is 7.60. The Hall–Kier alpha value is -2.31. The number of amides is 1. The SMILES string of the molecule is O=C(C1CC1)N1CCC(Cn2ccnc2-c2ccc(CC(F)(F)F)cc2)CC1. The first-order valence-electron chi connectivity index (χ1n) is 9.85. The number of benzene rings is 1. The Morgan fingerprint density at radius 1 is 1.07 bits per heavy atom. The normalized spacial score (nSPS) is 18.5. The van der Waals surface area contributed by atoms with Crippen LogP contribution in [0.15, 0.2) is 36.7 Å². The molecule has 1 aliphatic heterocycles. The van der Waals surface area contributed by atoms with Crippen LogP contribution in [0.25, 0.3) is 11.4 Å². The van der Waals surface area contributed by atoms with Gasteiger partial charge >= 0.3 is 6.18 Å². The Balaban J connectivity index is 1.37. The Kier molecular flexibility index (Phi) is 5.17. The number of aromatic nitrogens is 2. The zero-order chi connectivity index (χ0) is 19.7. The molecule has 1 aliphatic carbocycles. The van der Waals surface area contributed by atoms with E-state index in [4.69, 9.17) is 0 Å². The Bertz CT molecular complexity index is 816. The summed E-state index contributed by atoms with van der Waals surface area (Å²) in [6, 6.07) is 6.45. The highest BCUT2D eigenvalue weighted by Gasteiger charge is 2.35. The fraction of sp³-hybridized carbons (Fsp3) is 0.524. The van der Waals surface area contributed by atoms with Crippen LogP contribution < -0.4 is 0 Å². The molecule has 0 unspecified atom stereocenters. The molecule has 0 spiro atoms.